The minimum Gasteiger partial charge on any atom is -0.467 e. The molecule has 5 rings (SSSR count). The van der Waals surface area contributed by atoms with Crippen molar-refractivity contribution < 1.29 is 4.42 Å². The molecule has 31 heavy (non-hydrogen) atoms. The van der Waals surface area contributed by atoms with Crippen molar-refractivity contribution in [3.63, 3.8) is 0 Å². The molecule has 1 saturated carbocycles. The normalized spacial score (nSPS) is 14.0. The number of furan rings is 1. The summed E-state index contributed by atoms with van der Waals surface area (Å²) in [5, 5.41) is 9.63. The van der Waals surface area contributed by atoms with Crippen LogP contribution < -0.4 is 11.2 Å². The lowest BCUT2D eigenvalue weighted by molar-refractivity contribution is 0.478. The third-order valence-electron chi connectivity index (χ3n) is 5.54. The van der Waals surface area contributed by atoms with E-state index in [1.165, 1.54) is 9.13 Å². The average molecular weight is 442 g/mol. The van der Waals surface area contributed by atoms with Crippen molar-refractivity contribution in [1.29, 1.82) is 0 Å². The second-order valence-electron chi connectivity index (χ2n) is 7.81. The van der Waals surface area contributed by atoms with Crippen LogP contribution in [0.5, 0.6) is 0 Å². The van der Waals surface area contributed by atoms with Gasteiger partial charge in [0.05, 0.1) is 19.1 Å². The summed E-state index contributed by atoms with van der Waals surface area (Å²) < 4.78 is 12.0. The van der Waals surface area contributed by atoms with Crippen molar-refractivity contribution in [2.45, 2.75) is 43.4 Å². The molecule has 0 saturated heterocycles. The number of fused-ring (bicyclic) bond motifs is 1. The number of thioether (sulfide) groups is 1. The van der Waals surface area contributed by atoms with Crippen LogP contribution in [0.15, 0.2) is 43.9 Å². The zero-order chi connectivity index (χ0) is 21.5. The van der Waals surface area contributed by atoms with Gasteiger partial charge in [0, 0.05) is 32.3 Å². The molecular weight excluding hydrogens is 418 g/mol. The third kappa shape index (κ3) is 3.62. The van der Waals surface area contributed by atoms with E-state index in [1.54, 1.807) is 43.0 Å². The fourth-order valence-electron chi connectivity index (χ4n) is 3.74. The summed E-state index contributed by atoms with van der Waals surface area (Å²) in [7, 11) is 3.39. The van der Waals surface area contributed by atoms with Crippen molar-refractivity contribution in [2.75, 3.05) is 5.75 Å². The topological polar surface area (TPSA) is 106 Å². The first-order valence-electron chi connectivity index (χ1n) is 10.2. The lowest BCUT2D eigenvalue weighted by atomic mass is 10.3. The number of aryl methyl sites for hydroxylation is 2. The van der Waals surface area contributed by atoms with E-state index >= 15 is 0 Å². The molecular formula is C20H23N7O3S. The Balaban J connectivity index is 1.31. The van der Waals surface area contributed by atoms with Gasteiger partial charge in [-0.1, -0.05) is 11.8 Å². The molecule has 0 aliphatic heterocycles. The number of aromatic nitrogens is 7. The fraction of sp³-hybridized carbons (Fsp3) is 0.450. The Labute approximate surface area is 181 Å². The number of rotatable bonds is 8. The quantitative estimate of drug-likeness (QED) is 0.303. The van der Waals surface area contributed by atoms with Crippen molar-refractivity contribution in [3.05, 3.63) is 57.1 Å². The molecule has 4 aromatic rings. The summed E-state index contributed by atoms with van der Waals surface area (Å²) in [6, 6.07) is 3.82. The van der Waals surface area contributed by atoms with E-state index in [4.69, 9.17) is 4.42 Å². The summed E-state index contributed by atoms with van der Waals surface area (Å²) in [5.41, 5.74) is 0.182. The molecule has 0 radical (unpaired) electrons. The molecule has 1 aliphatic rings. The Bertz CT molecular complexity index is 1340. The van der Waals surface area contributed by atoms with E-state index in [9.17, 15) is 9.59 Å². The first kappa shape index (κ1) is 19.9. The average Bonchev–Trinajstić information content (AvgIpc) is 3.13. The van der Waals surface area contributed by atoms with Crippen LogP contribution in [0.3, 0.4) is 0 Å². The maximum absolute atomic E-state index is 12.8. The minimum absolute atomic E-state index is 0.305. The molecule has 0 amide bonds. The summed E-state index contributed by atoms with van der Waals surface area (Å²) in [4.78, 5) is 29.6. The second-order valence-corrected chi connectivity index (χ2v) is 8.87. The van der Waals surface area contributed by atoms with Gasteiger partial charge in [0.1, 0.15) is 11.6 Å². The maximum Gasteiger partial charge on any atom is 0.332 e. The minimum atomic E-state index is -0.349. The molecule has 4 heterocycles. The van der Waals surface area contributed by atoms with Gasteiger partial charge < -0.3 is 8.98 Å². The Kier molecular flexibility index (Phi) is 5.05. The van der Waals surface area contributed by atoms with Crippen LogP contribution in [-0.2, 0) is 27.2 Å². The molecule has 4 aromatic heterocycles. The van der Waals surface area contributed by atoms with Gasteiger partial charge in [-0.25, -0.2) is 9.78 Å². The molecule has 0 aromatic carbocycles. The highest BCUT2D eigenvalue weighted by molar-refractivity contribution is 7.99. The molecule has 0 atom stereocenters. The lowest BCUT2D eigenvalue weighted by Gasteiger charge is -2.10. The van der Waals surface area contributed by atoms with Gasteiger partial charge in [0.2, 0.25) is 0 Å². The molecule has 1 fully saturated rings. The van der Waals surface area contributed by atoms with Gasteiger partial charge in [-0.05, 0) is 31.4 Å². The molecule has 162 valence electrons. The number of imidazole rings is 1. The molecule has 0 N–H and O–H groups in total. The summed E-state index contributed by atoms with van der Waals surface area (Å²) in [6.45, 7) is 0.937. The monoisotopic (exact) mass is 441 g/mol. The molecule has 11 heteroatoms. The van der Waals surface area contributed by atoms with Crippen molar-refractivity contribution in [2.24, 2.45) is 14.1 Å². The van der Waals surface area contributed by atoms with Gasteiger partial charge in [-0.15, -0.1) is 10.2 Å². The third-order valence-corrected chi connectivity index (χ3v) is 6.59. The van der Waals surface area contributed by atoms with E-state index < -0.39 is 0 Å². The van der Waals surface area contributed by atoms with Crippen LogP contribution in [0.1, 0.15) is 36.8 Å². The lowest BCUT2D eigenvalue weighted by Crippen LogP contribution is -2.39. The highest BCUT2D eigenvalue weighted by Gasteiger charge is 2.30. The van der Waals surface area contributed by atoms with Crippen molar-refractivity contribution in [1.82, 2.24) is 33.4 Å². The first-order valence-corrected chi connectivity index (χ1v) is 11.2. The Morgan fingerprint density at radius 2 is 2.03 bits per heavy atom. The largest absolute Gasteiger partial charge is 0.467 e. The van der Waals surface area contributed by atoms with Crippen molar-refractivity contribution in [3.8, 4) is 0 Å². The summed E-state index contributed by atoms with van der Waals surface area (Å²) >= 11 is 1.58. The van der Waals surface area contributed by atoms with Crippen LogP contribution in [0.4, 0.5) is 0 Å². The van der Waals surface area contributed by atoms with Crippen LogP contribution in [-0.4, -0.2) is 39.2 Å². The highest BCUT2D eigenvalue weighted by atomic mass is 32.2. The van der Waals surface area contributed by atoms with Gasteiger partial charge in [0.15, 0.2) is 16.3 Å². The van der Waals surface area contributed by atoms with E-state index in [2.05, 4.69) is 19.7 Å². The predicted molar refractivity (Wildman–Crippen MR) is 115 cm³/mol. The van der Waals surface area contributed by atoms with E-state index in [-0.39, 0.29) is 11.2 Å². The van der Waals surface area contributed by atoms with Gasteiger partial charge in [-0.3, -0.25) is 18.5 Å². The Morgan fingerprint density at radius 1 is 1.19 bits per heavy atom. The number of hydrogen-bond donors (Lipinski definition) is 0. The zero-order valence-corrected chi connectivity index (χ0v) is 18.2. The molecule has 10 nitrogen and oxygen atoms in total. The summed E-state index contributed by atoms with van der Waals surface area (Å²) in [6.07, 6.45) is 6.15. The standard InChI is InChI=1S/C20H23N7O3S/c1-24-12-21-17-15(24)18(28)26(20(29)25(17)2)8-4-10-31-19-23-22-16(13-6-7-13)27(19)11-14-5-3-9-30-14/h3,5,9,12-13H,4,6-8,10-11H2,1-2H3. The number of hydrogen-bond acceptors (Lipinski definition) is 7. The first-order chi connectivity index (χ1) is 15.0. The maximum atomic E-state index is 12.8. The molecule has 0 unspecified atom stereocenters. The zero-order valence-electron chi connectivity index (χ0n) is 17.4. The molecule has 0 spiro atoms. The molecule has 0 bridgehead atoms. The Hall–Kier alpha value is -3.08. The van der Waals surface area contributed by atoms with Crippen LogP contribution in [0, 0.1) is 0 Å². The van der Waals surface area contributed by atoms with Crippen LogP contribution in [0.2, 0.25) is 0 Å². The highest BCUT2D eigenvalue weighted by Crippen LogP contribution is 2.40. The van der Waals surface area contributed by atoms with Gasteiger partial charge >= 0.3 is 5.69 Å². The van der Waals surface area contributed by atoms with Crippen molar-refractivity contribution >= 4 is 22.9 Å². The SMILES string of the molecule is Cn1cnc2c1c(=O)n(CCCSc1nnc(C3CC3)n1Cc1ccco1)c(=O)n2C. The van der Waals surface area contributed by atoms with Crippen LogP contribution in [0.25, 0.3) is 11.2 Å². The predicted octanol–water partition coefficient (Wildman–Crippen LogP) is 1.73. The smallest absolute Gasteiger partial charge is 0.332 e. The molecule has 1 aliphatic carbocycles. The second kappa shape index (κ2) is 7.88. The van der Waals surface area contributed by atoms with E-state index in [1.807, 2.05) is 12.1 Å². The van der Waals surface area contributed by atoms with Gasteiger partial charge in [0.25, 0.3) is 5.56 Å². The number of nitrogens with zero attached hydrogens (tertiary/aromatic N) is 7. The van der Waals surface area contributed by atoms with E-state index in [0.717, 1.165) is 29.6 Å². The Morgan fingerprint density at radius 3 is 2.77 bits per heavy atom. The van der Waals surface area contributed by atoms with Crippen LogP contribution >= 0.6 is 11.8 Å². The van der Waals surface area contributed by atoms with E-state index in [0.29, 0.717) is 42.3 Å². The fourth-order valence-corrected chi connectivity index (χ4v) is 4.61. The summed E-state index contributed by atoms with van der Waals surface area (Å²) in [5.74, 6) is 3.05. The van der Waals surface area contributed by atoms with Gasteiger partial charge in [-0.2, -0.15) is 0 Å².